The summed E-state index contributed by atoms with van der Waals surface area (Å²) in [4.78, 5) is 30.0. The van der Waals surface area contributed by atoms with E-state index < -0.39 is 6.04 Å². The number of rotatable bonds is 6. The lowest BCUT2D eigenvalue weighted by molar-refractivity contribution is -0.125. The molecule has 2 amide bonds. The standard InChI is InChI=1S/C21H21N5O2S/c1-12-7-8-19(29-12)17-10-20(26-25-17)24-21(28)18(23-13(2)27)9-14-11-22-16-6-4-3-5-15(14)16/h3-8,10-11,18,22H,9H2,1-2H3,(H,23,27)(H2,24,25,26,28). The first-order chi connectivity index (χ1) is 14.0. The van der Waals surface area contributed by atoms with Crippen molar-refractivity contribution in [1.82, 2.24) is 20.5 Å². The molecule has 0 aliphatic carbocycles. The Balaban J connectivity index is 1.51. The molecule has 3 heterocycles. The second-order valence-electron chi connectivity index (χ2n) is 6.88. The van der Waals surface area contributed by atoms with Gasteiger partial charge >= 0.3 is 0 Å². The molecule has 1 atom stereocenters. The predicted octanol–water partition coefficient (Wildman–Crippen LogP) is 3.61. The Morgan fingerprint density at radius 2 is 2.03 bits per heavy atom. The molecular weight excluding hydrogens is 386 g/mol. The molecule has 4 aromatic rings. The zero-order chi connectivity index (χ0) is 20.4. The minimum Gasteiger partial charge on any atom is -0.361 e. The van der Waals surface area contributed by atoms with Crippen LogP contribution < -0.4 is 10.6 Å². The Morgan fingerprint density at radius 1 is 1.21 bits per heavy atom. The third kappa shape index (κ3) is 4.22. The number of aryl methyl sites for hydroxylation is 1. The highest BCUT2D eigenvalue weighted by atomic mass is 32.1. The van der Waals surface area contributed by atoms with Crippen LogP contribution in [-0.2, 0) is 16.0 Å². The normalized spacial score (nSPS) is 12.1. The molecule has 4 rings (SSSR count). The molecule has 0 saturated heterocycles. The third-order valence-corrected chi connectivity index (χ3v) is 5.66. The number of H-pyrrole nitrogens is 2. The first kappa shape index (κ1) is 18.9. The molecule has 0 spiro atoms. The smallest absolute Gasteiger partial charge is 0.248 e. The molecule has 148 valence electrons. The topological polar surface area (TPSA) is 103 Å². The van der Waals surface area contributed by atoms with E-state index in [0.29, 0.717) is 12.2 Å². The van der Waals surface area contributed by atoms with Gasteiger partial charge in [-0.2, -0.15) is 5.10 Å². The number of hydrogen-bond acceptors (Lipinski definition) is 4. The number of aromatic amines is 2. The lowest BCUT2D eigenvalue weighted by Crippen LogP contribution is -2.44. The minimum absolute atomic E-state index is 0.262. The highest BCUT2D eigenvalue weighted by Gasteiger charge is 2.22. The number of nitrogens with zero attached hydrogens (tertiary/aromatic N) is 1. The van der Waals surface area contributed by atoms with Gasteiger partial charge in [0, 0.05) is 41.4 Å². The Kier molecular flexibility index (Phi) is 5.18. The third-order valence-electron chi connectivity index (χ3n) is 4.63. The number of para-hydroxylation sites is 1. The fourth-order valence-electron chi connectivity index (χ4n) is 3.28. The summed E-state index contributed by atoms with van der Waals surface area (Å²) in [6.07, 6.45) is 2.25. The van der Waals surface area contributed by atoms with Crippen LogP contribution in [0.15, 0.2) is 48.7 Å². The van der Waals surface area contributed by atoms with Crippen LogP contribution in [0.4, 0.5) is 5.82 Å². The van der Waals surface area contributed by atoms with Crippen molar-refractivity contribution in [2.45, 2.75) is 26.3 Å². The van der Waals surface area contributed by atoms with E-state index in [4.69, 9.17) is 0 Å². The lowest BCUT2D eigenvalue weighted by atomic mass is 10.0. The summed E-state index contributed by atoms with van der Waals surface area (Å²) in [5.74, 6) is -0.155. The number of benzene rings is 1. The fraction of sp³-hybridized carbons (Fsp3) is 0.190. The number of anilines is 1. The molecule has 4 N–H and O–H groups in total. The number of amides is 2. The summed E-state index contributed by atoms with van der Waals surface area (Å²) in [5.41, 5.74) is 2.80. The lowest BCUT2D eigenvalue weighted by Gasteiger charge is -2.16. The van der Waals surface area contributed by atoms with Crippen molar-refractivity contribution in [2.75, 3.05) is 5.32 Å². The van der Waals surface area contributed by atoms with Crippen molar-refractivity contribution in [1.29, 1.82) is 0 Å². The van der Waals surface area contributed by atoms with Gasteiger partial charge in [0.15, 0.2) is 5.82 Å². The van der Waals surface area contributed by atoms with E-state index in [1.54, 1.807) is 17.4 Å². The van der Waals surface area contributed by atoms with Gasteiger partial charge in [0.1, 0.15) is 6.04 Å². The van der Waals surface area contributed by atoms with Gasteiger partial charge in [-0.3, -0.25) is 14.7 Å². The van der Waals surface area contributed by atoms with Crippen molar-refractivity contribution in [2.24, 2.45) is 0 Å². The fourth-order valence-corrected chi connectivity index (χ4v) is 4.11. The zero-order valence-electron chi connectivity index (χ0n) is 16.1. The van der Waals surface area contributed by atoms with Gasteiger partial charge < -0.3 is 15.6 Å². The van der Waals surface area contributed by atoms with Crippen LogP contribution >= 0.6 is 11.3 Å². The number of aromatic nitrogens is 3. The Hall–Kier alpha value is -3.39. The van der Waals surface area contributed by atoms with Gasteiger partial charge in [-0.25, -0.2) is 0 Å². The zero-order valence-corrected chi connectivity index (χ0v) is 16.9. The molecular formula is C21H21N5O2S. The molecule has 29 heavy (non-hydrogen) atoms. The largest absolute Gasteiger partial charge is 0.361 e. The van der Waals surface area contributed by atoms with Gasteiger partial charge in [0.25, 0.3) is 0 Å². The number of nitrogens with one attached hydrogen (secondary N) is 4. The van der Waals surface area contributed by atoms with Crippen molar-refractivity contribution in [3.8, 4) is 10.6 Å². The van der Waals surface area contributed by atoms with Crippen molar-refractivity contribution in [3.63, 3.8) is 0 Å². The molecule has 7 nitrogen and oxygen atoms in total. The number of hydrogen-bond donors (Lipinski definition) is 4. The number of carbonyl (C=O) groups is 2. The number of fused-ring (bicyclic) bond motifs is 1. The summed E-state index contributed by atoms with van der Waals surface area (Å²) < 4.78 is 0. The molecule has 0 radical (unpaired) electrons. The monoisotopic (exact) mass is 407 g/mol. The van der Waals surface area contributed by atoms with Crippen LogP contribution in [-0.4, -0.2) is 33.0 Å². The average Bonchev–Trinajstić information content (AvgIpc) is 3.41. The van der Waals surface area contributed by atoms with Crippen LogP contribution in [0.3, 0.4) is 0 Å². The van der Waals surface area contributed by atoms with Crippen LogP contribution in [0.5, 0.6) is 0 Å². The highest BCUT2D eigenvalue weighted by molar-refractivity contribution is 7.15. The van der Waals surface area contributed by atoms with E-state index in [0.717, 1.165) is 27.0 Å². The van der Waals surface area contributed by atoms with E-state index in [-0.39, 0.29) is 11.8 Å². The van der Waals surface area contributed by atoms with Gasteiger partial charge in [-0.15, -0.1) is 11.3 Å². The summed E-state index contributed by atoms with van der Waals surface area (Å²) in [7, 11) is 0. The minimum atomic E-state index is -0.712. The highest BCUT2D eigenvalue weighted by Crippen LogP contribution is 2.27. The molecule has 1 unspecified atom stereocenters. The second-order valence-corrected chi connectivity index (χ2v) is 8.17. The van der Waals surface area contributed by atoms with E-state index in [1.807, 2.05) is 49.5 Å². The first-order valence-electron chi connectivity index (χ1n) is 9.25. The van der Waals surface area contributed by atoms with Gasteiger partial charge in [0.05, 0.1) is 10.6 Å². The van der Waals surface area contributed by atoms with E-state index >= 15 is 0 Å². The quantitative estimate of drug-likeness (QED) is 0.393. The average molecular weight is 407 g/mol. The molecule has 0 aliphatic rings. The van der Waals surface area contributed by atoms with Crippen LogP contribution in [0.1, 0.15) is 17.4 Å². The Labute approximate surface area is 171 Å². The van der Waals surface area contributed by atoms with E-state index in [2.05, 4.69) is 25.8 Å². The number of thiophene rings is 1. The maximum atomic E-state index is 12.9. The summed E-state index contributed by atoms with van der Waals surface area (Å²) in [6.45, 7) is 3.44. The summed E-state index contributed by atoms with van der Waals surface area (Å²) in [5, 5.41) is 13.7. The molecule has 0 fully saturated rings. The molecule has 0 saturated carbocycles. The molecule has 0 aliphatic heterocycles. The number of carbonyl (C=O) groups excluding carboxylic acids is 2. The van der Waals surface area contributed by atoms with Crippen LogP contribution in [0, 0.1) is 6.92 Å². The van der Waals surface area contributed by atoms with Gasteiger partial charge in [-0.05, 0) is 30.7 Å². The van der Waals surface area contributed by atoms with Gasteiger partial charge in [0.2, 0.25) is 11.8 Å². The van der Waals surface area contributed by atoms with E-state index in [9.17, 15) is 9.59 Å². The van der Waals surface area contributed by atoms with Crippen LogP contribution in [0.25, 0.3) is 21.5 Å². The van der Waals surface area contributed by atoms with Crippen LogP contribution in [0.2, 0.25) is 0 Å². The first-order valence-corrected chi connectivity index (χ1v) is 10.1. The van der Waals surface area contributed by atoms with Crippen molar-refractivity contribution >= 4 is 39.9 Å². The predicted molar refractivity (Wildman–Crippen MR) is 115 cm³/mol. The maximum absolute atomic E-state index is 12.9. The Morgan fingerprint density at radius 3 is 2.79 bits per heavy atom. The SMILES string of the molecule is CC(=O)NC(Cc1c[nH]c2ccccc12)C(=O)Nc1cc(-c2ccc(C)s2)[nH]n1. The molecule has 1 aromatic carbocycles. The van der Waals surface area contributed by atoms with Crippen molar-refractivity contribution in [3.05, 3.63) is 59.1 Å². The summed E-state index contributed by atoms with van der Waals surface area (Å²) in [6, 6.07) is 13.0. The molecule has 8 heteroatoms. The maximum Gasteiger partial charge on any atom is 0.248 e. The van der Waals surface area contributed by atoms with Gasteiger partial charge in [-0.1, -0.05) is 18.2 Å². The Bertz CT molecular complexity index is 1170. The second kappa shape index (κ2) is 7.92. The molecule has 3 aromatic heterocycles. The molecule has 0 bridgehead atoms. The van der Waals surface area contributed by atoms with E-state index in [1.165, 1.54) is 11.8 Å². The summed E-state index contributed by atoms with van der Waals surface area (Å²) >= 11 is 1.65. The van der Waals surface area contributed by atoms with Crippen molar-refractivity contribution < 1.29 is 9.59 Å².